The Morgan fingerprint density at radius 2 is 1.64 bits per heavy atom. The molecule has 0 radical (unpaired) electrons. The van der Waals surface area contributed by atoms with Crippen molar-refractivity contribution in [2.24, 2.45) is 0 Å². The van der Waals surface area contributed by atoms with Crippen molar-refractivity contribution in [2.75, 3.05) is 13.1 Å². The van der Waals surface area contributed by atoms with Gasteiger partial charge >= 0.3 is 5.76 Å². The third-order valence-corrected chi connectivity index (χ3v) is 7.45. The summed E-state index contributed by atoms with van der Waals surface area (Å²) in [5.74, 6) is -0.791. The molecule has 0 bridgehead atoms. The summed E-state index contributed by atoms with van der Waals surface area (Å²) in [6, 6.07) is 15.3. The Morgan fingerprint density at radius 3 is 2.36 bits per heavy atom. The highest BCUT2D eigenvalue weighted by molar-refractivity contribution is 7.92. The van der Waals surface area contributed by atoms with Crippen molar-refractivity contribution in [1.82, 2.24) is 9.47 Å². The standard InChI is InChI=1S/C20H20N2O5S/c23-19(14-22-17-8-4-5-9-18(17)27-20(22)24)21-12-10-16(11-13-21)28(25,26)15-6-2-1-3-7-15/h1-9,16H,10-14H2. The average Bonchev–Trinajstić information content (AvgIpc) is 3.04. The van der Waals surface area contributed by atoms with Crippen molar-refractivity contribution < 1.29 is 17.6 Å². The highest BCUT2D eigenvalue weighted by atomic mass is 32.2. The molecule has 0 atom stereocenters. The number of aromatic nitrogens is 1. The summed E-state index contributed by atoms with van der Waals surface area (Å²) in [6.45, 7) is 0.576. The maximum Gasteiger partial charge on any atom is 0.420 e. The van der Waals surface area contributed by atoms with Crippen LogP contribution in [0.15, 0.2) is 68.7 Å². The largest absolute Gasteiger partial charge is 0.420 e. The molecule has 1 aliphatic rings. The van der Waals surface area contributed by atoms with E-state index in [9.17, 15) is 18.0 Å². The first-order chi connectivity index (χ1) is 13.5. The van der Waals surface area contributed by atoms with Gasteiger partial charge in [-0.25, -0.2) is 13.2 Å². The average molecular weight is 400 g/mol. The first-order valence-corrected chi connectivity index (χ1v) is 10.7. The van der Waals surface area contributed by atoms with Gasteiger partial charge < -0.3 is 9.32 Å². The molecule has 28 heavy (non-hydrogen) atoms. The van der Waals surface area contributed by atoms with Gasteiger partial charge in [-0.2, -0.15) is 0 Å². The van der Waals surface area contributed by atoms with Crippen molar-refractivity contribution in [2.45, 2.75) is 29.5 Å². The Morgan fingerprint density at radius 1 is 1.00 bits per heavy atom. The molecule has 1 amide bonds. The van der Waals surface area contributed by atoms with Gasteiger partial charge in [-0.15, -0.1) is 0 Å². The normalized spacial score (nSPS) is 15.8. The van der Waals surface area contributed by atoms with E-state index < -0.39 is 20.8 Å². The van der Waals surface area contributed by atoms with Crippen LogP contribution in [0.25, 0.3) is 11.1 Å². The van der Waals surface area contributed by atoms with Crippen molar-refractivity contribution in [3.8, 4) is 0 Å². The highest BCUT2D eigenvalue weighted by Gasteiger charge is 2.32. The second-order valence-corrected chi connectivity index (χ2v) is 9.09. The smallest absolute Gasteiger partial charge is 0.408 e. The van der Waals surface area contributed by atoms with Gasteiger partial charge in [0.05, 0.1) is 15.7 Å². The summed E-state index contributed by atoms with van der Waals surface area (Å²) < 4.78 is 32.0. The fourth-order valence-electron chi connectivity index (χ4n) is 3.62. The number of carbonyl (C=O) groups excluding carboxylic acids is 1. The van der Waals surface area contributed by atoms with Crippen molar-refractivity contribution in [3.63, 3.8) is 0 Å². The third-order valence-electron chi connectivity index (χ3n) is 5.17. The number of fused-ring (bicyclic) bond motifs is 1. The maximum atomic E-state index is 12.7. The van der Waals surface area contributed by atoms with Gasteiger partial charge in [0.15, 0.2) is 15.4 Å². The number of oxazole rings is 1. The number of hydrogen-bond acceptors (Lipinski definition) is 5. The second-order valence-electron chi connectivity index (χ2n) is 6.86. The molecule has 0 unspecified atom stereocenters. The summed E-state index contributed by atoms with van der Waals surface area (Å²) in [6.07, 6.45) is 0.758. The van der Waals surface area contributed by atoms with Crippen molar-refractivity contribution in [1.29, 1.82) is 0 Å². The summed E-state index contributed by atoms with van der Waals surface area (Å²) in [5, 5.41) is -0.503. The van der Waals surface area contributed by atoms with E-state index in [1.807, 2.05) is 0 Å². The minimum absolute atomic E-state index is 0.119. The quantitative estimate of drug-likeness (QED) is 0.669. The molecule has 2 heterocycles. The van der Waals surface area contributed by atoms with Crippen molar-refractivity contribution >= 4 is 26.8 Å². The number of rotatable bonds is 4. The van der Waals surface area contributed by atoms with Gasteiger partial charge in [0, 0.05) is 13.1 Å². The topological polar surface area (TPSA) is 89.6 Å². The zero-order valence-electron chi connectivity index (χ0n) is 15.2. The Hall–Kier alpha value is -2.87. The number of sulfone groups is 1. The molecule has 146 valence electrons. The van der Waals surface area contributed by atoms with Crippen LogP contribution >= 0.6 is 0 Å². The Bertz CT molecular complexity index is 1160. The van der Waals surface area contributed by atoms with E-state index in [1.165, 1.54) is 4.57 Å². The molecule has 0 saturated carbocycles. The molecule has 1 fully saturated rings. The molecule has 1 aromatic heterocycles. The summed E-state index contributed by atoms with van der Waals surface area (Å²) in [7, 11) is -3.40. The van der Waals surface area contributed by atoms with Gasteiger partial charge in [0.2, 0.25) is 5.91 Å². The number of benzene rings is 2. The van der Waals surface area contributed by atoms with Crippen LogP contribution in [0.5, 0.6) is 0 Å². The molecule has 0 aliphatic carbocycles. The monoisotopic (exact) mass is 400 g/mol. The van der Waals surface area contributed by atoms with Gasteiger partial charge in [-0.05, 0) is 37.1 Å². The van der Waals surface area contributed by atoms with E-state index in [0.717, 1.165) is 0 Å². The molecule has 1 aliphatic heterocycles. The van der Waals surface area contributed by atoms with E-state index in [4.69, 9.17) is 4.42 Å². The zero-order chi connectivity index (χ0) is 19.7. The van der Waals surface area contributed by atoms with Crippen LogP contribution in [-0.4, -0.2) is 42.1 Å². The van der Waals surface area contributed by atoms with Crippen LogP contribution in [0.2, 0.25) is 0 Å². The molecule has 0 spiro atoms. The van der Waals surface area contributed by atoms with Crippen molar-refractivity contribution in [3.05, 3.63) is 65.1 Å². The maximum absolute atomic E-state index is 12.7. The van der Waals surface area contributed by atoms with Crippen LogP contribution < -0.4 is 5.76 Å². The van der Waals surface area contributed by atoms with Crippen LogP contribution in [-0.2, 0) is 21.2 Å². The number of piperidine rings is 1. The fourth-order valence-corrected chi connectivity index (χ4v) is 5.37. The number of nitrogens with zero attached hydrogens (tertiary/aromatic N) is 2. The van der Waals surface area contributed by atoms with Gasteiger partial charge in [-0.1, -0.05) is 30.3 Å². The molecule has 3 aromatic rings. The zero-order valence-corrected chi connectivity index (χ0v) is 16.0. The lowest BCUT2D eigenvalue weighted by Gasteiger charge is -2.31. The van der Waals surface area contributed by atoms with Crippen LogP contribution in [0.3, 0.4) is 0 Å². The number of hydrogen-bond donors (Lipinski definition) is 0. The summed E-state index contributed by atoms with van der Waals surface area (Å²) in [5.41, 5.74) is 1.01. The fraction of sp³-hybridized carbons (Fsp3) is 0.300. The molecule has 8 heteroatoms. The third kappa shape index (κ3) is 3.35. The van der Waals surface area contributed by atoms with Crippen LogP contribution in [0.4, 0.5) is 0 Å². The van der Waals surface area contributed by atoms with Crippen LogP contribution in [0, 0.1) is 0 Å². The first kappa shape index (κ1) is 18.5. The molecular weight excluding hydrogens is 380 g/mol. The summed E-state index contributed by atoms with van der Waals surface area (Å²) >= 11 is 0. The molecule has 2 aromatic carbocycles. The van der Waals surface area contributed by atoms with E-state index in [1.54, 1.807) is 59.5 Å². The minimum Gasteiger partial charge on any atom is -0.408 e. The lowest BCUT2D eigenvalue weighted by atomic mass is 10.1. The van der Waals surface area contributed by atoms with Gasteiger partial charge in [0.1, 0.15) is 6.54 Å². The lowest BCUT2D eigenvalue weighted by molar-refractivity contribution is -0.132. The predicted octanol–water partition coefficient (Wildman–Crippen LogP) is 2.06. The highest BCUT2D eigenvalue weighted by Crippen LogP contribution is 2.24. The Balaban J connectivity index is 1.44. The van der Waals surface area contributed by atoms with Gasteiger partial charge in [-0.3, -0.25) is 9.36 Å². The minimum atomic E-state index is -3.40. The molecule has 4 rings (SSSR count). The molecule has 1 saturated heterocycles. The van der Waals surface area contributed by atoms with E-state index >= 15 is 0 Å². The van der Waals surface area contributed by atoms with E-state index in [0.29, 0.717) is 41.9 Å². The SMILES string of the molecule is O=C(Cn1c(=O)oc2ccccc21)N1CCC(S(=O)(=O)c2ccccc2)CC1. The first-order valence-electron chi connectivity index (χ1n) is 9.12. The second kappa shape index (κ2) is 7.27. The number of amides is 1. The molecule has 7 nitrogen and oxygen atoms in total. The Labute approximate surface area is 162 Å². The van der Waals surface area contributed by atoms with E-state index in [2.05, 4.69) is 0 Å². The number of para-hydroxylation sites is 2. The van der Waals surface area contributed by atoms with E-state index in [-0.39, 0.29) is 12.5 Å². The Kier molecular flexibility index (Phi) is 4.80. The lowest BCUT2D eigenvalue weighted by Crippen LogP contribution is -2.44. The molecule has 0 N–H and O–H groups in total. The van der Waals surface area contributed by atoms with Gasteiger partial charge in [0.25, 0.3) is 0 Å². The number of likely N-dealkylation sites (tertiary alicyclic amines) is 1. The van der Waals surface area contributed by atoms with Crippen LogP contribution in [0.1, 0.15) is 12.8 Å². The number of carbonyl (C=O) groups is 1. The predicted molar refractivity (Wildman–Crippen MR) is 104 cm³/mol. The summed E-state index contributed by atoms with van der Waals surface area (Å²) in [4.78, 5) is 26.6. The molecular formula is C20H20N2O5S.